The standard InChI is InChI=1S/C11H14F4O5/c1-2-9(4-19-5-9)6-20-8(18)11(14,15)3-10(12,13)7(16)17/h2-6H2,1H3,(H,16,17). The van der Waals surface area contributed by atoms with Gasteiger partial charge in [0.25, 0.3) is 0 Å². The zero-order valence-electron chi connectivity index (χ0n) is 10.6. The number of esters is 1. The van der Waals surface area contributed by atoms with Crippen LogP contribution in [-0.2, 0) is 19.1 Å². The highest BCUT2D eigenvalue weighted by atomic mass is 19.3. The molecule has 1 N–H and O–H groups in total. The number of hydrogen-bond acceptors (Lipinski definition) is 4. The Morgan fingerprint density at radius 2 is 1.80 bits per heavy atom. The predicted molar refractivity (Wildman–Crippen MR) is 56.6 cm³/mol. The van der Waals surface area contributed by atoms with Gasteiger partial charge >= 0.3 is 23.8 Å². The minimum atomic E-state index is -4.70. The molecule has 116 valence electrons. The summed E-state index contributed by atoms with van der Waals surface area (Å²) >= 11 is 0. The van der Waals surface area contributed by atoms with Crippen LogP contribution >= 0.6 is 0 Å². The van der Waals surface area contributed by atoms with E-state index < -0.39 is 35.6 Å². The van der Waals surface area contributed by atoms with Crippen LogP contribution in [0.3, 0.4) is 0 Å². The Balaban J connectivity index is 2.59. The Hall–Kier alpha value is -1.38. The van der Waals surface area contributed by atoms with Crippen molar-refractivity contribution in [2.24, 2.45) is 5.41 Å². The summed E-state index contributed by atoms with van der Waals surface area (Å²) in [6.07, 6.45) is -1.92. The minimum Gasteiger partial charge on any atom is -0.477 e. The monoisotopic (exact) mass is 302 g/mol. The van der Waals surface area contributed by atoms with E-state index in [0.717, 1.165) is 0 Å². The number of ether oxygens (including phenoxy) is 2. The number of carbonyl (C=O) groups excluding carboxylic acids is 1. The molecule has 0 unspecified atom stereocenters. The maximum absolute atomic E-state index is 13.2. The highest BCUT2D eigenvalue weighted by Gasteiger charge is 2.54. The van der Waals surface area contributed by atoms with Crippen LogP contribution in [0.15, 0.2) is 0 Å². The van der Waals surface area contributed by atoms with Gasteiger partial charge in [0.05, 0.1) is 25.0 Å². The van der Waals surface area contributed by atoms with Crippen LogP contribution in [-0.4, -0.2) is 48.7 Å². The quantitative estimate of drug-likeness (QED) is 0.572. The molecule has 0 radical (unpaired) electrons. The SMILES string of the molecule is CCC1(COC(=O)C(F)(F)CC(F)(F)C(=O)O)COC1. The van der Waals surface area contributed by atoms with Crippen molar-refractivity contribution in [3.05, 3.63) is 0 Å². The van der Waals surface area contributed by atoms with Gasteiger partial charge in [0, 0.05) is 0 Å². The van der Waals surface area contributed by atoms with Gasteiger partial charge in [-0.15, -0.1) is 0 Å². The first-order valence-corrected chi connectivity index (χ1v) is 5.79. The molecule has 0 aromatic rings. The lowest BCUT2D eigenvalue weighted by Crippen LogP contribution is -2.48. The predicted octanol–water partition coefficient (Wildman–Crippen LogP) is 1.70. The molecule has 1 fully saturated rings. The van der Waals surface area contributed by atoms with E-state index in [9.17, 15) is 27.2 Å². The van der Waals surface area contributed by atoms with Crippen LogP contribution in [0.5, 0.6) is 0 Å². The molecule has 0 bridgehead atoms. The van der Waals surface area contributed by atoms with Gasteiger partial charge in [0.2, 0.25) is 0 Å². The molecule has 20 heavy (non-hydrogen) atoms. The van der Waals surface area contributed by atoms with Crippen LogP contribution in [0.25, 0.3) is 0 Å². The number of carboxylic acid groups (broad SMARTS) is 1. The third-order valence-corrected chi connectivity index (χ3v) is 3.13. The molecule has 1 rings (SSSR count). The lowest BCUT2D eigenvalue weighted by molar-refractivity contribution is -0.203. The molecular weight excluding hydrogens is 288 g/mol. The molecule has 0 amide bonds. The van der Waals surface area contributed by atoms with Gasteiger partial charge < -0.3 is 14.6 Å². The molecule has 0 aliphatic carbocycles. The van der Waals surface area contributed by atoms with Gasteiger partial charge in [-0.25, -0.2) is 9.59 Å². The lowest BCUT2D eigenvalue weighted by atomic mass is 9.84. The van der Waals surface area contributed by atoms with Crippen molar-refractivity contribution in [1.29, 1.82) is 0 Å². The van der Waals surface area contributed by atoms with Gasteiger partial charge in [0.15, 0.2) is 0 Å². The van der Waals surface area contributed by atoms with Crippen molar-refractivity contribution < 1.29 is 41.7 Å². The Kier molecular flexibility index (Phi) is 4.62. The van der Waals surface area contributed by atoms with Gasteiger partial charge in [0.1, 0.15) is 6.61 Å². The largest absolute Gasteiger partial charge is 0.477 e. The average molecular weight is 302 g/mol. The van der Waals surface area contributed by atoms with Gasteiger partial charge in [-0.1, -0.05) is 6.92 Å². The lowest BCUT2D eigenvalue weighted by Gasteiger charge is -2.40. The molecule has 1 aliphatic rings. The van der Waals surface area contributed by atoms with E-state index in [1.807, 2.05) is 0 Å². The topological polar surface area (TPSA) is 72.8 Å². The van der Waals surface area contributed by atoms with Crippen molar-refractivity contribution >= 4 is 11.9 Å². The molecule has 0 spiro atoms. The molecule has 0 aromatic heterocycles. The normalized spacial score (nSPS) is 18.2. The number of aliphatic carboxylic acids is 1. The van der Waals surface area contributed by atoms with Gasteiger partial charge in [-0.2, -0.15) is 17.6 Å². The molecular formula is C11H14F4O5. The Morgan fingerprint density at radius 3 is 2.15 bits per heavy atom. The van der Waals surface area contributed by atoms with E-state index in [-0.39, 0.29) is 19.8 Å². The first-order chi connectivity index (χ1) is 9.05. The molecule has 5 nitrogen and oxygen atoms in total. The summed E-state index contributed by atoms with van der Waals surface area (Å²) in [7, 11) is 0. The number of alkyl halides is 4. The second-order valence-corrected chi connectivity index (χ2v) is 4.81. The van der Waals surface area contributed by atoms with Crippen molar-refractivity contribution in [1.82, 2.24) is 0 Å². The second-order valence-electron chi connectivity index (χ2n) is 4.81. The fourth-order valence-corrected chi connectivity index (χ4v) is 1.53. The van der Waals surface area contributed by atoms with E-state index >= 15 is 0 Å². The fourth-order valence-electron chi connectivity index (χ4n) is 1.53. The summed E-state index contributed by atoms with van der Waals surface area (Å²) in [6.45, 7) is 1.82. The maximum atomic E-state index is 13.2. The summed E-state index contributed by atoms with van der Waals surface area (Å²) < 4.78 is 61.1. The van der Waals surface area contributed by atoms with Crippen molar-refractivity contribution in [2.75, 3.05) is 19.8 Å². The molecule has 9 heteroatoms. The number of rotatable bonds is 7. The summed E-state index contributed by atoms with van der Waals surface area (Å²) in [6, 6.07) is 0. The Labute approximate surface area is 111 Å². The first kappa shape index (κ1) is 16.7. The Morgan fingerprint density at radius 1 is 1.25 bits per heavy atom. The van der Waals surface area contributed by atoms with E-state index in [0.29, 0.717) is 6.42 Å². The molecule has 1 heterocycles. The fraction of sp³-hybridized carbons (Fsp3) is 0.818. The summed E-state index contributed by atoms with van der Waals surface area (Å²) in [5.41, 5.74) is -0.568. The smallest absolute Gasteiger partial charge is 0.377 e. The van der Waals surface area contributed by atoms with Crippen molar-refractivity contribution in [2.45, 2.75) is 31.6 Å². The zero-order valence-corrected chi connectivity index (χ0v) is 10.6. The molecule has 1 saturated heterocycles. The minimum absolute atomic E-state index is 0.230. The van der Waals surface area contributed by atoms with Crippen LogP contribution in [0.1, 0.15) is 19.8 Å². The highest BCUT2D eigenvalue weighted by Crippen LogP contribution is 2.34. The van der Waals surface area contributed by atoms with Gasteiger partial charge in [-0.05, 0) is 6.42 Å². The van der Waals surface area contributed by atoms with Crippen LogP contribution in [0.2, 0.25) is 0 Å². The average Bonchev–Trinajstić information content (AvgIpc) is 2.26. The van der Waals surface area contributed by atoms with E-state index in [1.54, 1.807) is 6.92 Å². The first-order valence-electron chi connectivity index (χ1n) is 5.79. The van der Waals surface area contributed by atoms with Crippen molar-refractivity contribution in [3.8, 4) is 0 Å². The number of halogens is 4. The zero-order chi connectivity index (χ0) is 15.6. The van der Waals surface area contributed by atoms with Crippen molar-refractivity contribution in [3.63, 3.8) is 0 Å². The number of carboxylic acids is 1. The van der Waals surface area contributed by atoms with Gasteiger partial charge in [-0.3, -0.25) is 0 Å². The van der Waals surface area contributed by atoms with Crippen LogP contribution < -0.4 is 0 Å². The summed E-state index contributed by atoms with van der Waals surface area (Å²) in [4.78, 5) is 21.2. The molecule has 0 atom stereocenters. The number of hydrogen-bond donors (Lipinski definition) is 1. The molecule has 0 aromatic carbocycles. The number of carbonyl (C=O) groups is 2. The highest BCUT2D eigenvalue weighted by molar-refractivity contribution is 5.81. The summed E-state index contributed by atoms with van der Waals surface area (Å²) in [5, 5.41) is 8.08. The maximum Gasteiger partial charge on any atom is 0.377 e. The van der Waals surface area contributed by atoms with Crippen LogP contribution in [0, 0.1) is 5.41 Å². The molecule has 0 saturated carbocycles. The third kappa shape index (κ3) is 3.59. The van der Waals surface area contributed by atoms with E-state index in [4.69, 9.17) is 9.84 Å². The third-order valence-electron chi connectivity index (χ3n) is 3.13. The molecule has 1 aliphatic heterocycles. The van der Waals surface area contributed by atoms with E-state index in [1.165, 1.54) is 0 Å². The second kappa shape index (κ2) is 5.55. The Bertz CT molecular complexity index is 387. The van der Waals surface area contributed by atoms with E-state index in [2.05, 4.69) is 4.74 Å². The van der Waals surface area contributed by atoms with Crippen LogP contribution in [0.4, 0.5) is 17.6 Å². The summed E-state index contributed by atoms with van der Waals surface area (Å²) in [5.74, 6) is -14.1.